The fourth-order valence-electron chi connectivity index (χ4n) is 4.23. The van der Waals surface area contributed by atoms with Crippen molar-refractivity contribution in [2.75, 3.05) is 32.7 Å². The lowest BCUT2D eigenvalue weighted by Crippen LogP contribution is -2.48. The zero-order valence-corrected chi connectivity index (χ0v) is 18.8. The lowest BCUT2D eigenvalue weighted by atomic mass is 10.0. The number of piperidine rings is 1. The molecule has 0 saturated carbocycles. The summed E-state index contributed by atoms with van der Waals surface area (Å²) in [5, 5.41) is 0. The maximum Gasteiger partial charge on any atom is 0.222 e. The number of hydrogen-bond donors (Lipinski definition) is 2. The summed E-state index contributed by atoms with van der Waals surface area (Å²) in [4.78, 5) is 21.3. The SMILES string of the molecule is CCC(=O)N(CCCCCCCN=C(N)N)C1CCN(CCc2ccccc2)CC1. The summed E-state index contributed by atoms with van der Waals surface area (Å²) < 4.78 is 0. The molecule has 1 aliphatic rings. The van der Waals surface area contributed by atoms with Gasteiger partial charge in [0.25, 0.3) is 0 Å². The Hall–Kier alpha value is -2.08. The Morgan fingerprint density at radius 2 is 1.73 bits per heavy atom. The number of carbonyl (C=O) groups is 1. The highest BCUT2D eigenvalue weighted by atomic mass is 16.2. The average Bonchev–Trinajstić information content (AvgIpc) is 2.77. The average molecular weight is 416 g/mol. The number of nitrogens with two attached hydrogens (primary N) is 2. The molecule has 0 spiro atoms. The lowest BCUT2D eigenvalue weighted by Gasteiger charge is -2.38. The van der Waals surface area contributed by atoms with Gasteiger partial charge in [0.15, 0.2) is 5.96 Å². The van der Waals surface area contributed by atoms with Crippen LogP contribution in [0.25, 0.3) is 0 Å². The third-order valence-corrected chi connectivity index (χ3v) is 6.03. The van der Waals surface area contributed by atoms with Crippen LogP contribution in [-0.4, -0.2) is 60.4 Å². The molecule has 1 aromatic carbocycles. The highest BCUT2D eigenvalue weighted by Crippen LogP contribution is 2.19. The quantitative estimate of drug-likeness (QED) is 0.294. The van der Waals surface area contributed by atoms with E-state index in [9.17, 15) is 4.79 Å². The van der Waals surface area contributed by atoms with E-state index in [0.717, 1.165) is 71.1 Å². The molecule has 168 valence electrons. The molecule has 0 aliphatic carbocycles. The molecular weight excluding hydrogens is 374 g/mol. The van der Waals surface area contributed by atoms with E-state index in [4.69, 9.17) is 11.5 Å². The van der Waals surface area contributed by atoms with Crippen molar-refractivity contribution in [3.05, 3.63) is 35.9 Å². The Balaban J connectivity index is 1.66. The van der Waals surface area contributed by atoms with Gasteiger partial charge in [-0.3, -0.25) is 9.79 Å². The monoisotopic (exact) mass is 415 g/mol. The highest BCUT2D eigenvalue weighted by Gasteiger charge is 2.26. The second-order valence-corrected chi connectivity index (χ2v) is 8.32. The van der Waals surface area contributed by atoms with Gasteiger partial charge >= 0.3 is 0 Å². The standard InChI is InChI=1S/C24H41N5O/c1-2-23(30)29(17-10-5-3-4-9-16-27-24(25)26)22-14-19-28(20-15-22)18-13-21-11-7-6-8-12-21/h6-8,11-12,22H,2-5,9-10,13-20H2,1H3,(H4,25,26,27). The van der Waals surface area contributed by atoms with E-state index < -0.39 is 0 Å². The fourth-order valence-corrected chi connectivity index (χ4v) is 4.23. The predicted octanol–water partition coefficient (Wildman–Crippen LogP) is 3.16. The summed E-state index contributed by atoms with van der Waals surface area (Å²) >= 11 is 0. The lowest BCUT2D eigenvalue weighted by molar-refractivity contribution is -0.134. The van der Waals surface area contributed by atoms with Crippen molar-refractivity contribution in [3.63, 3.8) is 0 Å². The van der Waals surface area contributed by atoms with Crippen LogP contribution in [0, 0.1) is 0 Å². The molecule has 1 aliphatic heterocycles. The van der Waals surface area contributed by atoms with Crippen LogP contribution >= 0.6 is 0 Å². The predicted molar refractivity (Wildman–Crippen MR) is 125 cm³/mol. The highest BCUT2D eigenvalue weighted by molar-refractivity contribution is 5.76. The van der Waals surface area contributed by atoms with E-state index in [1.807, 2.05) is 6.92 Å². The fraction of sp³-hybridized carbons (Fsp3) is 0.667. The van der Waals surface area contributed by atoms with E-state index in [0.29, 0.717) is 24.9 Å². The summed E-state index contributed by atoms with van der Waals surface area (Å²) in [6.07, 6.45) is 9.48. The summed E-state index contributed by atoms with van der Waals surface area (Å²) in [6, 6.07) is 11.1. The van der Waals surface area contributed by atoms with E-state index in [1.165, 1.54) is 12.0 Å². The van der Waals surface area contributed by atoms with Crippen LogP contribution in [0.4, 0.5) is 0 Å². The Kier molecular flexibility index (Phi) is 11.3. The van der Waals surface area contributed by atoms with Gasteiger partial charge in [-0.25, -0.2) is 0 Å². The minimum absolute atomic E-state index is 0.176. The van der Waals surface area contributed by atoms with Gasteiger partial charge in [0.05, 0.1) is 0 Å². The van der Waals surface area contributed by atoms with Gasteiger partial charge in [-0.15, -0.1) is 0 Å². The summed E-state index contributed by atoms with van der Waals surface area (Å²) in [5.41, 5.74) is 12.1. The summed E-state index contributed by atoms with van der Waals surface area (Å²) in [6.45, 7) is 6.89. The molecule has 0 radical (unpaired) electrons. The zero-order valence-electron chi connectivity index (χ0n) is 18.8. The van der Waals surface area contributed by atoms with Crippen molar-refractivity contribution >= 4 is 11.9 Å². The number of guanidine groups is 1. The van der Waals surface area contributed by atoms with Gasteiger partial charge in [-0.05, 0) is 37.7 Å². The third-order valence-electron chi connectivity index (χ3n) is 6.03. The van der Waals surface area contributed by atoms with Crippen LogP contribution < -0.4 is 11.5 Å². The largest absolute Gasteiger partial charge is 0.370 e. The molecule has 6 heteroatoms. The first-order valence-corrected chi connectivity index (χ1v) is 11.7. The third kappa shape index (κ3) is 9.16. The molecule has 0 atom stereocenters. The number of hydrogen-bond acceptors (Lipinski definition) is 3. The minimum Gasteiger partial charge on any atom is -0.370 e. The Labute approximate surface area is 182 Å². The molecule has 1 aromatic rings. The summed E-state index contributed by atoms with van der Waals surface area (Å²) in [5.74, 6) is 0.486. The topological polar surface area (TPSA) is 87.9 Å². The van der Waals surface area contributed by atoms with Gasteiger partial charge in [-0.1, -0.05) is 56.5 Å². The van der Waals surface area contributed by atoms with Crippen molar-refractivity contribution < 1.29 is 4.79 Å². The number of unbranched alkanes of at least 4 members (excludes halogenated alkanes) is 4. The van der Waals surface area contributed by atoms with Crippen LogP contribution in [0.5, 0.6) is 0 Å². The number of carbonyl (C=O) groups excluding carboxylic acids is 1. The summed E-state index contributed by atoms with van der Waals surface area (Å²) in [7, 11) is 0. The van der Waals surface area contributed by atoms with Gasteiger partial charge < -0.3 is 21.3 Å². The number of amides is 1. The van der Waals surface area contributed by atoms with E-state index in [1.54, 1.807) is 0 Å². The molecule has 1 amide bonds. The molecule has 30 heavy (non-hydrogen) atoms. The van der Waals surface area contributed by atoms with Gasteiger partial charge in [0.2, 0.25) is 5.91 Å². The zero-order chi connectivity index (χ0) is 21.6. The van der Waals surface area contributed by atoms with Crippen LogP contribution in [0.3, 0.4) is 0 Å². The molecule has 1 saturated heterocycles. The van der Waals surface area contributed by atoms with Crippen molar-refractivity contribution in [3.8, 4) is 0 Å². The van der Waals surface area contributed by atoms with Crippen molar-refractivity contribution in [2.24, 2.45) is 16.5 Å². The molecule has 0 aromatic heterocycles. The molecule has 2 rings (SSSR count). The Bertz CT molecular complexity index is 622. The number of likely N-dealkylation sites (tertiary alicyclic amines) is 1. The first kappa shape index (κ1) is 24.2. The minimum atomic E-state index is 0.176. The maximum absolute atomic E-state index is 12.5. The number of nitrogens with zero attached hydrogens (tertiary/aromatic N) is 3. The molecule has 6 nitrogen and oxygen atoms in total. The van der Waals surface area contributed by atoms with E-state index in [-0.39, 0.29) is 5.96 Å². The van der Waals surface area contributed by atoms with Crippen molar-refractivity contribution in [1.82, 2.24) is 9.80 Å². The number of benzene rings is 1. The van der Waals surface area contributed by atoms with Crippen LogP contribution in [0.2, 0.25) is 0 Å². The molecule has 0 unspecified atom stereocenters. The van der Waals surface area contributed by atoms with E-state index in [2.05, 4.69) is 45.1 Å². The van der Waals surface area contributed by atoms with Crippen LogP contribution in [0.1, 0.15) is 63.9 Å². The van der Waals surface area contributed by atoms with Crippen molar-refractivity contribution in [1.29, 1.82) is 0 Å². The molecular formula is C24H41N5O. The van der Waals surface area contributed by atoms with Crippen molar-refractivity contribution in [2.45, 2.75) is 70.8 Å². The second-order valence-electron chi connectivity index (χ2n) is 8.32. The second kappa shape index (κ2) is 14.0. The van der Waals surface area contributed by atoms with Gasteiger partial charge in [0, 0.05) is 45.2 Å². The van der Waals surface area contributed by atoms with E-state index >= 15 is 0 Å². The molecule has 0 bridgehead atoms. The van der Waals surface area contributed by atoms with Gasteiger partial charge in [-0.2, -0.15) is 0 Å². The Morgan fingerprint density at radius 3 is 2.40 bits per heavy atom. The normalized spacial score (nSPS) is 15.1. The van der Waals surface area contributed by atoms with Crippen LogP contribution in [0.15, 0.2) is 35.3 Å². The van der Waals surface area contributed by atoms with Crippen LogP contribution in [-0.2, 0) is 11.2 Å². The van der Waals surface area contributed by atoms with Gasteiger partial charge in [0.1, 0.15) is 0 Å². The number of aliphatic imine (C=N–C) groups is 1. The Morgan fingerprint density at radius 1 is 1.07 bits per heavy atom. The molecule has 4 N–H and O–H groups in total. The first-order valence-electron chi connectivity index (χ1n) is 11.7. The maximum atomic E-state index is 12.5. The smallest absolute Gasteiger partial charge is 0.222 e. The number of rotatable bonds is 13. The molecule has 1 fully saturated rings. The first-order chi connectivity index (χ1) is 14.6. The molecule has 1 heterocycles.